The Labute approximate surface area is 174 Å². The number of hydrogen-bond acceptors (Lipinski definition) is 3. The number of amides is 3. The Bertz CT molecular complexity index is 901. The van der Waals surface area contributed by atoms with Gasteiger partial charge in [0.2, 0.25) is 5.91 Å². The molecule has 0 radical (unpaired) electrons. The molecule has 1 aliphatic heterocycles. The average molecular weight is 422 g/mol. The molecule has 29 heavy (non-hydrogen) atoms. The Balaban J connectivity index is 1.49. The van der Waals surface area contributed by atoms with Crippen LogP contribution < -0.4 is 10.6 Å². The quantitative estimate of drug-likeness (QED) is 0.777. The van der Waals surface area contributed by atoms with Crippen LogP contribution in [0.25, 0.3) is 0 Å². The van der Waals surface area contributed by atoms with Crippen molar-refractivity contribution in [3.63, 3.8) is 0 Å². The first-order valence-electron chi connectivity index (χ1n) is 9.61. The van der Waals surface area contributed by atoms with Gasteiger partial charge < -0.3 is 15.5 Å². The van der Waals surface area contributed by atoms with Crippen LogP contribution in [0.3, 0.4) is 0 Å². The summed E-state index contributed by atoms with van der Waals surface area (Å²) in [6.07, 6.45) is 1.80. The van der Waals surface area contributed by atoms with Crippen LogP contribution in [0, 0.1) is 25.6 Å². The number of halogens is 2. The third-order valence-corrected chi connectivity index (χ3v) is 5.63. The van der Waals surface area contributed by atoms with Gasteiger partial charge in [-0.15, -0.1) is 0 Å². The topological polar surface area (TPSA) is 79.3 Å². The van der Waals surface area contributed by atoms with Crippen LogP contribution in [0.5, 0.6) is 0 Å². The fourth-order valence-electron chi connectivity index (χ4n) is 3.49. The van der Waals surface area contributed by atoms with E-state index in [4.69, 9.17) is 11.6 Å². The van der Waals surface area contributed by atoms with Crippen molar-refractivity contribution >= 4 is 29.2 Å². The summed E-state index contributed by atoms with van der Waals surface area (Å²) in [4.78, 5) is 26.5. The molecule has 3 amide bonds. The summed E-state index contributed by atoms with van der Waals surface area (Å²) in [6, 6.07) is 5.33. The van der Waals surface area contributed by atoms with Crippen molar-refractivity contribution in [3.8, 4) is 0 Å². The highest BCUT2D eigenvalue weighted by Crippen LogP contribution is 2.20. The molecule has 1 fully saturated rings. The molecule has 2 N–H and O–H groups in total. The fraction of sp³-hybridized carbons (Fsp3) is 0.450. The van der Waals surface area contributed by atoms with Crippen LogP contribution >= 0.6 is 11.6 Å². The van der Waals surface area contributed by atoms with Gasteiger partial charge in [-0.1, -0.05) is 17.7 Å². The van der Waals surface area contributed by atoms with Crippen molar-refractivity contribution in [3.05, 3.63) is 46.5 Å². The molecule has 2 heterocycles. The molecular formula is C20H25ClFN5O2. The van der Waals surface area contributed by atoms with Crippen LogP contribution in [0.15, 0.2) is 24.3 Å². The third-order valence-electron chi connectivity index (χ3n) is 5.08. The summed E-state index contributed by atoms with van der Waals surface area (Å²) in [5.74, 6) is -0.260. The van der Waals surface area contributed by atoms with Gasteiger partial charge in [-0.2, -0.15) is 5.10 Å². The number of anilines is 1. The van der Waals surface area contributed by atoms with Gasteiger partial charge in [-0.25, -0.2) is 9.18 Å². The molecule has 1 saturated heterocycles. The highest BCUT2D eigenvalue weighted by Gasteiger charge is 2.25. The SMILES string of the molecule is Cc1nn(CC(=O)N2CCCC(CNC(=O)Nc3cccc(F)c3)C2)c(C)c1Cl. The molecule has 1 aromatic heterocycles. The van der Waals surface area contributed by atoms with E-state index < -0.39 is 11.8 Å². The lowest BCUT2D eigenvalue weighted by Gasteiger charge is -2.33. The molecule has 156 valence electrons. The number of piperidine rings is 1. The summed E-state index contributed by atoms with van der Waals surface area (Å²) in [5, 5.41) is 10.3. The molecule has 3 rings (SSSR count). The summed E-state index contributed by atoms with van der Waals surface area (Å²) in [7, 11) is 0. The third kappa shape index (κ3) is 5.47. The van der Waals surface area contributed by atoms with Crippen LogP contribution in [0.2, 0.25) is 5.02 Å². The normalized spacial score (nSPS) is 16.6. The summed E-state index contributed by atoms with van der Waals surface area (Å²) in [5.41, 5.74) is 1.88. The van der Waals surface area contributed by atoms with Crippen LogP contribution in [-0.2, 0) is 11.3 Å². The maximum Gasteiger partial charge on any atom is 0.319 e. The van der Waals surface area contributed by atoms with Crippen LogP contribution in [-0.4, -0.2) is 46.3 Å². The lowest BCUT2D eigenvalue weighted by molar-refractivity contribution is -0.133. The zero-order valence-electron chi connectivity index (χ0n) is 16.5. The first kappa shape index (κ1) is 21.1. The van der Waals surface area contributed by atoms with E-state index in [9.17, 15) is 14.0 Å². The van der Waals surface area contributed by atoms with Crippen molar-refractivity contribution < 1.29 is 14.0 Å². The summed E-state index contributed by atoms with van der Waals surface area (Å²) >= 11 is 6.15. The number of nitrogens with zero attached hydrogens (tertiary/aromatic N) is 3. The Hall–Kier alpha value is -2.61. The van der Waals surface area contributed by atoms with E-state index in [0.717, 1.165) is 18.5 Å². The smallest absolute Gasteiger partial charge is 0.319 e. The molecule has 0 saturated carbocycles. The number of hydrogen-bond donors (Lipinski definition) is 2. The standard InChI is InChI=1S/C20H25ClFN5O2/c1-13-19(21)14(2)27(25-13)12-18(28)26-8-4-5-15(11-26)10-23-20(29)24-17-7-3-6-16(22)9-17/h3,6-7,9,15H,4-5,8,10-12H2,1-2H3,(H2,23,24,29). The molecule has 1 atom stereocenters. The molecule has 1 unspecified atom stereocenters. The molecule has 7 nitrogen and oxygen atoms in total. The molecule has 0 bridgehead atoms. The van der Waals surface area contributed by atoms with E-state index in [0.29, 0.717) is 36.0 Å². The van der Waals surface area contributed by atoms with E-state index >= 15 is 0 Å². The Kier molecular flexibility index (Phi) is 6.74. The van der Waals surface area contributed by atoms with E-state index in [1.165, 1.54) is 18.2 Å². The number of carbonyl (C=O) groups excluding carboxylic acids is 2. The minimum Gasteiger partial charge on any atom is -0.341 e. The van der Waals surface area contributed by atoms with Crippen molar-refractivity contribution in [2.75, 3.05) is 25.0 Å². The number of benzene rings is 1. The first-order chi connectivity index (χ1) is 13.8. The number of likely N-dealkylation sites (tertiary alicyclic amines) is 1. The van der Waals surface area contributed by atoms with Crippen molar-refractivity contribution in [1.82, 2.24) is 20.0 Å². The second kappa shape index (κ2) is 9.26. The molecule has 1 aliphatic rings. The minimum atomic E-state index is -0.409. The van der Waals surface area contributed by atoms with Crippen molar-refractivity contribution in [1.29, 1.82) is 0 Å². The number of carbonyl (C=O) groups is 2. The number of aromatic nitrogens is 2. The summed E-state index contributed by atoms with van der Waals surface area (Å²) < 4.78 is 14.8. The number of rotatable bonds is 5. The van der Waals surface area contributed by atoms with E-state index in [1.807, 2.05) is 18.7 Å². The average Bonchev–Trinajstić information content (AvgIpc) is 2.93. The van der Waals surface area contributed by atoms with Gasteiger partial charge in [0.15, 0.2) is 0 Å². The zero-order valence-corrected chi connectivity index (χ0v) is 17.3. The van der Waals surface area contributed by atoms with Gasteiger partial charge in [-0.05, 0) is 50.8 Å². The Morgan fingerprint density at radius 2 is 2.14 bits per heavy atom. The maximum absolute atomic E-state index is 13.2. The minimum absolute atomic E-state index is 0.0128. The number of nitrogens with one attached hydrogen (secondary N) is 2. The second-order valence-corrected chi connectivity index (χ2v) is 7.71. The fourth-order valence-corrected chi connectivity index (χ4v) is 3.63. The summed E-state index contributed by atoms with van der Waals surface area (Å²) in [6.45, 7) is 5.52. The Morgan fingerprint density at radius 1 is 1.34 bits per heavy atom. The lowest BCUT2D eigenvalue weighted by Crippen LogP contribution is -2.45. The number of aryl methyl sites for hydroxylation is 1. The van der Waals surface area contributed by atoms with Crippen molar-refractivity contribution in [2.45, 2.75) is 33.2 Å². The lowest BCUT2D eigenvalue weighted by atomic mass is 9.98. The van der Waals surface area contributed by atoms with Gasteiger partial charge in [0.1, 0.15) is 12.4 Å². The molecule has 9 heteroatoms. The first-order valence-corrected chi connectivity index (χ1v) is 9.99. The van der Waals surface area contributed by atoms with Gasteiger partial charge in [0.25, 0.3) is 0 Å². The second-order valence-electron chi connectivity index (χ2n) is 7.34. The van der Waals surface area contributed by atoms with E-state index in [2.05, 4.69) is 15.7 Å². The molecule has 1 aromatic carbocycles. The predicted octanol–water partition coefficient (Wildman–Crippen LogP) is 3.35. The highest BCUT2D eigenvalue weighted by atomic mass is 35.5. The van der Waals surface area contributed by atoms with Gasteiger partial charge in [0, 0.05) is 25.3 Å². The van der Waals surface area contributed by atoms with Gasteiger partial charge in [-0.3, -0.25) is 9.48 Å². The monoisotopic (exact) mass is 421 g/mol. The number of urea groups is 1. The molecule has 0 spiro atoms. The van der Waals surface area contributed by atoms with Crippen LogP contribution in [0.1, 0.15) is 24.2 Å². The van der Waals surface area contributed by atoms with E-state index in [1.54, 1.807) is 10.7 Å². The molecule has 0 aliphatic carbocycles. The highest BCUT2D eigenvalue weighted by molar-refractivity contribution is 6.31. The van der Waals surface area contributed by atoms with Gasteiger partial charge >= 0.3 is 6.03 Å². The van der Waals surface area contributed by atoms with Crippen molar-refractivity contribution in [2.24, 2.45) is 5.92 Å². The van der Waals surface area contributed by atoms with Gasteiger partial charge in [0.05, 0.1) is 16.4 Å². The Morgan fingerprint density at radius 3 is 2.83 bits per heavy atom. The molecular weight excluding hydrogens is 397 g/mol. The van der Waals surface area contributed by atoms with Crippen LogP contribution in [0.4, 0.5) is 14.9 Å². The largest absolute Gasteiger partial charge is 0.341 e. The zero-order chi connectivity index (χ0) is 21.0. The van der Waals surface area contributed by atoms with E-state index in [-0.39, 0.29) is 18.4 Å². The predicted molar refractivity (Wildman–Crippen MR) is 109 cm³/mol. The maximum atomic E-state index is 13.2. The molecule has 2 aromatic rings.